The number of carbonyl (C=O) groups excluding carboxylic acids is 1. The molecule has 1 aromatic heterocycles. The third-order valence-electron chi connectivity index (χ3n) is 5.74. The van der Waals surface area contributed by atoms with Gasteiger partial charge < -0.3 is 14.4 Å². The maximum Gasteiger partial charge on any atom is 0.255 e. The first-order valence-electron chi connectivity index (χ1n) is 10.5. The summed E-state index contributed by atoms with van der Waals surface area (Å²) in [5.74, 6) is 0.785. The van der Waals surface area contributed by atoms with Crippen LogP contribution in [0.2, 0.25) is 0 Å². The highest BCUT2D eigenvalue weighted by Gasteiger charge is 2.30. The summed E-state index contributed by atoms with van der Waals surface area (Å²) >= 11 is 0. The molecule has 0 atom stereocenters. The van der Waals surface area contributed by atoms with Crippen molar-refractivity contribution in [2.45, 2.75) is 33.4 Å². The van der Waals surface area contributed by atoms with E-state index in [1.54, 1.807) is 11.0 Å². The molecule has 3 aromatic rings. The number of hydrogen-bond acceptors (Lipinski definition) is 5. The molecule has 0 fully saturated rings. The lowest BCUT2D eigenvalue weighted by Crippen LogP contribution is -2.38. The molecule has 0 radical (unpaired) electrons. The van der Waals surface area contributed by atoms with Gasteiger partial charge in [-0.05, 0) is 49.1 Å². The highest BCUT2D eigenvalue weighted by molar-refractivity contribution is 6.00. The predicted molar refractivity (Wildman–Crippen MR) is 121 cm³/mol. The molecule has 0 saturated heterocycles. The topological polar surface area (TPSA) is 75.5 Å². The van der Waals surface area contributed by atoms with Crippen LogP contribution < -0.4 is 9.47 Å². The Kier molecular flexibility index (Phi) is 6.09. The SMILES string of the molecule is COc1ccc2c(c1C#N)C(=O)N(Cc1c(C)cc(C)nc1OCc1ccccc1)CC2. The van der Waals surface area contributed by atoms with E-state index >= 15 is 0 Å². The fourth-order valence-electron chi connectivity index (χ4n) is 4.08. The van der Waals surface area contributed by atoms with Gasteiger partial charge in [-0.3, -0.25) is 4.79 Å². The minimum atomic E-state index is -0.171. The molecule has 0 unspecified atom stereocenters. The highest BCUT2D eigenvalue weighted by atomic mass is 16.5. The van der Waals surface area contributed by atoms with Crippen molar-refractivity contribution in [2.24, 2.45) is 0 Å². The van der Waals surface area contributed by atoms with Crippen molar-refractivity contribution in [1.29, 1.82) is 5.26 Å². The van der Waals surface area contributed by atoms with Crippen LogP contribution in [-0.4, -0.2) is 29.4 Å². The second-order valence-electron chi connectivity index (χ2n) is 7.90. The van der Waals surface area contributed by atoms with Crippen LogP contribution in [0.25, 0.3) is 0 Å². The molecule has 32 heavy (non-hydrogen) atoms. The summed E-state index contributed by atoms with van der Waals surface area (Å²) in [7, 11) is 1.51. The second-order valence-corrected chi connectivity index (χ2v) is 7.90. The van der Waals surface area contributed by atoms with Crippen LogP contribution in [0.3, 0.4) is 0 Å². The molecule has 1 aliphatic heterocycles. The van der Waals surface area contributed by atoms with Gasteiger partial charge >= 0.3 is 0 Å². The molecular weight excluding hydrogens is 402 g/mol. The van der Waals surface area contributed by atoms with Gasteiger partial charge in [-0.25, -0.2) is 4.98 Å². The first kappa shape index (κ1) is 21.4. The number of nitriles is 1. The summed E-state index contributed by atoms with van der Waals surface area (Å²) in [6.07, 6.45) is 0.679. The number of pyridine rings is 1. The zero-order valence-electron chi connectivity index (χ0n) is 18.5. The molecule has 2 aromatic carbocycles. The van der Waals surface area contributed by atoms with E-state index in [0.717, 1.165) is 27.9 Å². The summed E-state index contributed by atoms with van der Waals surface area (Å²) in [5, 5.41) is 9.67. The molecular formula is C26H25N3O3. The third-order valence-corrected chi connectivity index (χ3v) is 5.74. The average molecular weight is 428 g/mol. The Labute approximate surface area is 188 Å². The van der Waals surface area contributed by atoms with E-state index in [2.05, 4.69) is 11.1 Å². The number of ether oxygens (including phenoxy) is 2. The normalized spacial score (nSPS) is 12.8. The maximum atomic E-state index is 13.4. The summed E-state index contributed by atoms with van der Waals surface area (Å²) in [6.45, 7) is 5.26. The van der Waals surface area contributed by atoms with Gasteiger partial charge in [0.15, 0.2) is 0 Å². The van der Waals surface area contributed by atoms with Crippen LogP contribution in [0, 0.1) is 25.2 Å². The van der Waals surface area contributed by atoms with Gasteiger partial charge in [0.25, 0.3) is 5.91 Å². The molecule has 4 rings (SSSR count). The third kappa shape index (κ3) is 4.15. The average Bonchev–Trinajstić information content (AvgIpc) is 2.80. The Morgan fingerprint density at radius 2 is 1.94 bits per heavy atom. The Hall–Kier alpha value is -3.85. The van der Waals surface area contributed by atoms with Crippen molar-refractivity contribution in [2.75, 3.05) is 13.7 Å². The first-order chi connectivity index (χ1) is 15.5. The van der Waals surface area contributed by atoms with E-state index in [4.69, 9.17) is 9.47 Å². The zero-order chi connectivity index (χ0) is 22.7. The van der Waals surface area contributed by atoms with E-state index in [0.29, 0.717) is 48.9 Å². The summed E-state index contributed by atoms with van der Waals surface area (Å²) in [5.41, 5.74) is 5.41. The molecule has 0 N–H and O–H groups in total. The predicted octanol–water partition coefficient (Wildman–Crippen LogP) is 4.36. The molecule has 0 spiro atoms. The minimum Gasteiger partial charge on any atom is -0.495 e. The van der Waals surface area contributed by atoms with Crippen molar-refractivity contribution in [1.82, 2.24) is 9.88 Å². The van der Waals surface area contributed by atoms with Crippen LogP contribution in [-0.2, 0) is 19.6 Å². The summed E-state index contributed by atoms with van der Waals surface area (Å²) < 4.78 is 11.4. The number of aromatic nitrogens is 1. The number of hydrogen-bond donors (Lipinski definition) is 0. The smallest absolute Gasteiger partial charge is 0.255 e. The van der Waals surface area contributed by atoms with E-state index in [-0.39, 0.29) is 5.91 Å². The van der Waals surface area contributed by atoms with E-state index < -0.39 is 0 Å². The maximum absolute atomic E-state index is 13.4. The standard InChI is InChI=1S/C26H25N3O3/c1-17-13-18(2)28-25(32-16-19-7-5-4-6-8-19)22(17)15-29-12-11-20-9-10-23(31-3)21(14-27)24(20)26(29)30/h4-10,13H,11-12,15-16H2,1-3H3. The molecule has 0 bridgehead atoms. The molecule has 0 aliphatic carbocycles. The Morgan fingerprint density at radius 1 is 1.16 bits per heavy atom. The van der Waals surface area contributed by atoms with Crippen LogP contribution >= 0.6 is 0 Å². The highest BCUT2D eigenvalue weighted by Crippen LogP contribution is 2.31. The quantitative estimate of drug-likeness (QED) is 0.584. The molecule has 6 nitrogen and oxygen atoms in total. The second kappa shape index (κ2) is 9.11. The number of benzene rings is 2. The van der Waals surface area contributed by atoms with Gasteiger partial charge in [0, 0.05) is 17.8 Å². The molecule has 162 valence electrons. The Balaban J connectivity index is 1.64. The van der Waals surface area contributed by atoms with Gasteiger partial charge in [0.05, 0.1) is 19.2 Å². The molecule has 1 aliphatic rings. The van der Waals surface area contributed by atoms with E-state index in [1.807, 2.05) is 56.3 Å². The van der Waals surface area contributed by atoms with Crippen molar-refractivity contribution in [3.05, 3.63) is 87.6 Å². The number of fused-ring (bicyclic) bond motifs is 1. The fraction of sp³-hybridized carbons (Fsp3) is 0.269. The summed E-state index contributed by atoms with van der Waals surface area (Å²) in [6, 6.07) is 17.7. The molecule has 2 heterocycles. The monoisotopic (exact) mass is 427 g/mol. The lowest BCUT2D eigenvalue weighted by atomic mass is 9.93. The summed E-state index contributed by atoms with van der Waals surface area (Å²) in [4.78, 5) is 19.8. The van der Waals surface area contributed by atoms with E-state index in [1.165, 1.54) is 7.11 Å². The van der Waals surface area contributed by atoms with Crippen LogP contribution in [0.5, 0.6) is 11.6 Å². The Bertz CT molecular complexity index is 1200. The lowest BCUT2D eigenvalue weighted by molar-refractivity contribution is 0.0724. The van der Waals surface area contributed by atoms with Crippen LogP contribution in [0.1, 0.15) is 43.9 Å². The van der Waals surface area contributed by atoms with Crippen LogP contribution in [0.4, 0.5) is 0 Å². The number of aryl methyl sites for hydroxylation is 2. The molecule has 6 heteroatoms. The number of rotatable bonds is 6. The minimum absolute atomic E-state index is 0.171. The molecule has 0 saturated carbocycles. The molecule has 1 amide bonds. The number of carbonyl (C=O) groups is 1. The van der Waals surface area contributed by atoms with Gasteiger partial charge in [-0.1, -0.05) is 36.4 Å². The number of methoxy groups -OCH3 is 1. The lowest BCUT2D eigenvalue weighted by Gasteiger charge is -2.30. The first-order valence-corrected chi connectivity index (χ1v) is 10.5. The van der Waals surface area contributed by atoms with E-state index in [9.17, 15) is 10.1 Å². The van der Waals surface area contributed by atoms with Crippen LogP contribution in [0.15, 0.2) is 48.5 Å². The van der Waals surface area contributed by atoms with Gasteiger partial charge in [-0.15, -0.1) is 0 Å². The zero-order valence-corrected chi connectivity index (χ0v) is 18.5. The van der Waals surface area contributed by atoms with Crippen molar-refractivity contribution in [3.63, 3.8) is 0 Å². The van der Waals surface area contributed by atoms with Crippen molar-refractivity contribution >= 4 is 5.91 Å². The van der Waals surface area contributed by atoms with Crippen molar-refractivity contribution in [3.8, 4) is 17.7 Å². The largest absolute Gasteiger partial charge is 0.495 e. The van der Waals surface area contributed by atoms with Crippen molar-refractivity contribution < 1.29 is 14.3 Å². The van der Waals surface area contributed by atoms with Gasteiger partial charge in [0.2, 0.25) is 5.88 Å². The number of amides is 1. The van der Waals surface area contributed by atoms with Gasteiger partial charge in [-0.2, -0.15) is 5.26 Å². The van der Waals surface area contributed by atoms with Gasteiger partial charge in [0.1, 0.15) is 24.0 Å². The number of nitrogens with zero attached hydrogens (tertiary/aromatic N) is 3. The fourth-order valence-corrected chi connectivity index (χ4v) is 4.08. The Morgan fingerprint density at radius 3 is 2.66 bits per heavy atom.